The summed E-state index contributed by atoms with van der Waals surface area (Å²) in [6.45, 7) is 1.45. The summed E-state index contributed by atoms with van der Waals surface area (Å²) in [5.41, 5.74) is 3.91. The molecule has 0 radical (unpaired) electrons. The topological polar surface area (TPSA) is 25.2 Å². The van der Waals surface area contributed by atoms with E-state index in [2.05, 4.69) is 16.7 Å². The standard InChI is InChI=1S/C21H21FN2O/c1-23-12-5-8-17-18-14-16(22)9-10-19(18)24(20(17)21(23)25)13-11-15-6-3-2-4-7-15/h2-4,6-7,9-10,14H,5,8,11-13H2,1H3. The summed E-state index contributed by atoms with van der Waals surface area (Å²) in [5.74, 6) is -0.210. The summed E-state index contributed by atoms with van der Waals surface area (Å²) in [5, 5.41) is 0.881. The Bertz CT molecular complexity index is 930. The second kappa shape index (κ2) is 6.36. The van der Waals surface area contributed by atoms with Gasteiger partial charge in [-0.2, -0.15) is 0 Å². The van der Waals surface area contributed by atoms with Crippen LogP contribution in [0.5, 0.6) is 0 Å². The van der Waals surface area contributed by atoms with E-state index in [0.29, 0.717) is 6.54 Å². The largest absolute Gasteiger partial charge is 0.340 e. The highest BCUT2D eigenvalue weighted by atomic mass is 19.1. The van der Waals surface area contributed by atoms with Crippen LogP contribution in [0.15, 0.2) is 48.5 Å². The maximum absolute atomic E-state index is 13.8. The van der Waals surface area contributed by atoms with Gasteiger partial charge >= 0.3 is 0 Å². The lowest BCUT2D eigenvalue weighted by Crippen LogP contribution is -2.28. The molecule has 0 bridgehead atoms. The Morgan fingerprint density at radius 2 is 1.92 bits per heavy atom. The van der Waals surface area contributed by atoms with Crippen LogP contribution < -0.4 is 0 Å². The Kier molecular flexibility index (Phi) is 4.04. The van der Waals surface area contributed by atoms with Crippen molar-refractivity contribution in [1.82, 2.24) is 9.47 Å². The van der Waals surface area contributed by atoms with Gasteiger partial charge in [0, 0.05) is 31.0 Å². The quantitative estimate of drug-likeness (QED) is 0.708. The first kappa shape index (κ1) is 15.9. The van der Waals surface area contributed by atoms with E-state index in [0.717, 1.165) is 48.0 Å². The third-order valence-corrected chi connectivity index (χ3v) is 5.07. The smallest absolute Gasteiger partial charge is 0.270 e. The molecule has 4 heteroatoms. The number of aryl methyl sites for hydroxylation is 3. The molecule has 0 fully saturated rings. The number of hydrogen-bond acceptors (Lipinski definition) is 1. The third kappa shape index (κ3) is 2.82. The zero-order chi connectivity index (χ0) is 17.4. The molecule has 3 nitrogen and oxygen atoms in total. The van der Waals surface area contributed by atoms with Crippen molar-refractivity contribution in [3.8, 4) is 0 Å². The van der Waals surface area contributed by atoms with Crippen LogP contribution in [-0.4, -0.2) is 29.0 Å². The van der Waals surface area contributed by atoms with Crippen molar-refractivity contribution in [3.05, 3.63) is 71.2 Å². The summed E-state index contributed by atoms with van der Waals surface area (Å²) >= 11 is 0. The summed E-state index contributed by atoms with van der Waals surface area (Å²) in [4.78, 5) is 14.7. The molecule has 25 heavy (non-hydrogen) atoms. The minimum Gasteiger partial charge on any atom is -0.340 e. The second-order valence-electron chi connectivity index (χ2n) is 6.71. The number of nitrogens with zero attached hydrogens (tertiary/aromatic N) is 2. The van der Waals surface area contributed by atoms with E-state index in [-0.39, 0.29) is 11.7 Å². The number of carbonyl (C=O) groups is 1. The van der Waals surface area contributed by atoms with Crippen LogP contribution in [0, 0.1) is 5.82 Å². The van der Waals surface area contributed by atoms with E-state index in [1.807, 2.05) is 25.2 Å². The van der Waals surface area contributed by atoms with Gasteiger partial charge in [-0.3, -0.25) is 4.79 Å². The molecule has 0 N–H and O–H groups in total. The van der Waals surface area contributed by atoms with Crippen molar-refractivity contribution in [2.24, 2.45) is 0 Å². The molecule has 0 saturated heterocycles. The maximum atomic E-state index is 13.8. The maximum Gasteiger partial charge on any atom is 0.270 e. The van der Waals surface area contributed by atoms with Crippen LogP contribution in [0.4, 0.5) is 4.39 Å². The number of carbonyl (C=O) groups excluding carboxylic acids is 1. The molecule has 0 aliphatic carbocycles. The Morgan fingerprint density at radius 3 is 2.72 bits per heavy atom. The van der Waals surface area contributed by atoms with Gasteiger partial charge in [-0.25, -0.2) is 4.39 Å². The molecule has 1 aliphatic heterocycles. The van der Waals surface area contributed by atoms with Gasteiger partial charge in [0.15, 0.2) is 0 Å². The first-order chi connectivity index (χ1) is 12.1. The molecule has 1 amide bonds. The molecule has 0 unspecified atom stereocenters. The Hall–Kier alpha value is -2.62. The van der Waals surface area contributed by atoms with Crippen molar-refractivity contribution >= 4 is 16.8 Å². The molecular formula is C21H21FN2O. The minimum atomic E-state index is -0.249. The fourth-order valence-electron chi connectivity index (χ4n) is 3.79. The first-order valence-corrected chi connectivity index (χ1v) is 8.75. The predicted octanol–water partition coefficient (Wildman–Crippen LogP) is 4.04. The molecule has 4 rings (SSSR count). The Balaban J connectivity index is 1.84. The number of aromatic nitrogens is 1. The summed E-state index contributed by atoms with van der Waals surface area (Å²) in [6.07, 6.45) is 2.55. The lowest BCUT2D eigenvalue weighted by atomic mass is 10.1. The molecule has 128 valence electrons. The van der Waals surface area contributed by atoms with Crippen LogP contribution in [0.2, 0.25) is 0 Å². The molecule has 0 atom stereocenters. The molecule has 3 aromatic rings. The fourth-order valence-corrected chi connectivity index (χ4v) is 3.79. The van der Waals surface area contributed by atoms with Crippen LogP contribution in [0.3, 0.4) is 0 Å². The average molecular weight is 336 g/mol. The SMILES string of the molecule is CN1CCCc2c(n(CCc3ccccc3)c3ccc(F)cc23)C1=O. The van der Waals surface area contributed by atoms with E-state index < -0.39 is 0 Å². The highest BCUT2D eigenvalue weighted by Gasteiger charge is 2.27. The summed E-state index contributed by atoms with van der Waals surface area (Å²) < 4.78 is 15.9. The third-order valence-electron chi connectivity index (χ3n) is 5.07. The van der Waals surface area contributed by atoms with Crippen LogP contribution in [0.1, 0.15) is 28.0 Å². The van der Waals surface area contributed by atoms with Gasteiger partial charge < -0.3 is 9.47 Å². The Morgan fingerprint density at radius 1 is 1.12 bits per heavy atom. The lowest BCUT2D eigenvalue weighted by Gasteiger charge is -2.17. The van der Waals surface area contributed by atoms with Gasteiger partial charge in [-0.1, -0.05) is 30.3 Å². The normalized spacial score (nSPS) is 14.6. The zero-order valence-corrected chi connectivity index (χ0v) is 14.3. The molecule has 2 heterocycles. The zero-order valence-electron chi connectivity index (χ0n) is 14.3. The van der Waals surface area contributed by atoms with Crippen LogP contribution in [-0.2, 0) is 19.4 Å². The molecule has 2 aromatic carbocycles. The van der Waals surface area contributed by atoms with Crippen molar-refractivity contribution in [3.63, 3.8) is 0 Å². The number of halogens is 1. The summed E-state index contributed by atoms with van der Waals surface area (Å²) in [6, 6.07) is 15.1. The van der Waals surface area contributed by atoms with E-state index in [1.54, 1.807) is 17.0 Å². The van der Waals surface area contributed by atoms with Gasteiger partial charge in [0.2, 0.25) is 0 Å². The number of amides is 1. The molecule has 0 saturated carbocycles. The molecular weight excluding hydrogens is 315 g/mol. The average Bonchev–Trinajstić information content (AvgIpc) is 2.84. The minimum absolute atomic E-state index is 0.0390. The van der Waals surface area contributed by atoms with E-state index in [1.165, 1.54) is 11.6 Å². The van der Waals surface area contributed by atoms with Gasteiger partial charge in [0.1, 0.15) is 11.5 Å². The first-order valence-electron chi connectivity index (χ1n) is 8.75. The van der Waals surface area contributed by atoms with Crippen molar-refractivity contribution in [2.75, 3.05) is 13.6 Å². The van der Waals surface area contributed by atoms with Gasteiger partial charge in [-0.15, -0.1) is 0 Å². The lowest BCUT2D eigenvalue weighted by molar-refractivity contribution is 0.0790. The highest BCUT2D eigenvalue weighted by molar-refractivity contribution is 6.02. The van der Waals surface area contributed by atoms with Crippen molar-refractivity contribution in [1.29, 1.82) is 0 Å². The number of benzene rings is 2. The van der Waals surface area contributed by atoms with Crippen molar-refractivity contribution in [2.45, 2.75) is 25.8 Å². The van der Waals surface area contributed by atoms with Gasteiger partial charge in [-0.05, 0) is 48.6 Å². The molecule has 1 aromatic heterocycles. The van der Waals surface area contributed by atoms with Crippen LogP contribution in [0.25, 0.3) is 10.9 Å². The van der Waals surface area contributed by atoms with Gasteiger partial charge in [0.25, 0.3) is 5.91 Å². The van der Waals surface area contributed by atoms with Crippen molar-refractivity contribution < 1.29 is 9.18 Å². The number of hydrogen-bond donors (Lipinski definition) is 0. The highest BCUT2D eigenvalue weighted by Crippen LogP contribution is 2.31. The van der Waals surface area contributed by atoms with Gasteiger partial charge in [0.05, 0.1) is 0 Å². The Labute approximate surface area is 146 Å². The monoisotopic (exact) mass is 336 g/mol. The van der Waals surface area contributed by atoms with E-state index in [4.69, 9.17) is 0 Å². The predicted molar refractivity (Wildman–Crippen MR) is 97.3 cm³/mol. The number of fused-ring (bicyclic) bond motifs is 3. The number of rotatable bonds is 3. The second-order valence-corrected chi connectivity index (χ2v) is 6.71. The summed E-state index contributed by atoms with van der Waals surface area (Å²) in [7, 11) is 1.84. The van der Waals surface area contributed by atoms with E-state index >= 15 is 0 Å². The van der Waals surface area contributed by atoms with E-state index in [9.17, 15) is 9.18 Å². The fraction of sp³-hybridized carbons (Fsp3) is 0.286. The van der Waals surface area contributed by atoms with Crippen LogP contribution >= 0.6 is 0 Å². The molecule has 1 aliphatic rings. The molecule has 0 spiro atoms.